The van der Waals surface area contributed by atoms with Crippen molar-refractivity contribution in [1.29, 1.82) is 0 Å². The molecule has 0 aliphatic rings. The molecule has 3 aromatic rings. The van der Waals surface area contributed by atoms with Gasteiger partial charge < -0.3 is 15.0 Å². The summed E-state index contributed by atoms with van der Waals surface area (Å²) in [5, 5.41) is 4.01. The first-order chi connectivity index (χ1) is 12.6. The number of nitrogens with one attached hydrogen (secondary N) is 1. The van der Waals surface area contributed by atoms with Crippen LogP contribution in [0.25, 0.3) is 10.9 Å². The summed E-state index contributed by atoms with van der Waals surface area (Å²) in [7, 11) is 5.62. The molecule has 3 rings (SSSR count). The molecule has 0 aliphatic heterocycles. The molecule has 26 heavy (non-hydrogen) atoms. The molecule has 0 fully saturated rings. The standard InChI is InChI=1S/C21H23N3O2/c1-24(2)19(16-9-5-7-11-20(16)26-3)14-22-21(25)18-13-12-15-8-4-6-10-17(15)23-18/h4-13,19H,14H2,1-3H3,(H,22,25). The summed E-state index contributed by atoms with van der Waals surface area (Å²) >= 11 is 0. The van der Waals surface area contributed by atoms with Crippen LogP contribution in [0.4, 0.5) is 0 Å². The predicted octanol–water partition coefficient (Wildman–Crippen LogP) is 3.28. The summed E-state index contributed by atoms with van der Waals surface area (Å²) in [6, 6.07) is 19.3. The molecule has 2 aromatic carbocycles. The molecule has 0 saturated heterocycles. The predicted molar refractivity (Wildman–Crippen MR) is 103 cm³/mol. The highest BCUT2D eigenvalue weighted by molar-refractivity contribution is 5.94. The first-order valence-corrected chi connectivity index (χ1v) is 8.53. The van der Waals surface area contributed by atoms with E-state index in [1.54, 1.807) is 13.2 Å². The number of ether oxygens (including phenoxy) is 1. The number of pyridine rings is 1. The van der Waals surface area contributed by atoms with Gasteiger partial charge in [-0.05, 0) is 32.3 Å². The second-order valence-electron chi connectivity index (χ2n) is 6.32. The Labute approximate surface area is 153 Å². The summed E-state index contributed by atoms with van der Waals surface area (Å²) < 4.78 is 5.46. The van der Waals surface area contributed by atoms with E-state index in [-0.39, 0.29) is 11.9 Å². The smallest absolute Gasteiger partial charge is 0.269 e. The second kappa shape index (κ2) is 7.97. The first-order valence-electron chi connectivity index (χ1n) is 8.53. The molecule has 1 N–H and O–H groups in total. The summed E-state index contributed by atoms with van der Waals surface area (Å²) in [6.45, 7) is 0.459. The van der Waals surface area contributed by atoms with E-state index in [2.05, 4.69) is 15.2 Å². The van der Waals surface area contributed by atoms with Crippen molar-refractivity contribution in [2.45, 2.75) is 6.04 Å². The van der Waals surface area contributed by atoms with Crippen molar-refractivity contribution in [2.24, 2.45) is 0 Å². The highest BCUT2D eigenvalue weighted by atomic mass is 16.5. The lowest BCUT2D eigenvalue weighted by Gasteiger charge is -2.26. The lowest BCUT2D eigenvalue weighted by molar-refractivity contribution is 0.0937. The van der Waals surface area contributed by atoms with Gasteiger partial charge >= 0.3 is 0 Å². The lowest BCUT2D eigenvalue weighted by Crippen LogP contribution is -2.35. The number of fused-ring (bicyclic) bond motifs is 1. The Morgan fingerprint density at radius 1 is 1.08 bits per heavy atom. The second-order valence-corrected chi connectivity index (χ2v) is 6.32. The Morgan fingerprint density at radius 2 is 1.81 bits per heavy atom. The number of para-hydroxylation sites is 2. The maximum Gasteiger partial charge on any atom is 0.269 e. The molecule has 0 bridgehead atoms. The Bertz CT molecular complexity index is 908. The molecule has 1 unspecified atom stereocenters. The molecule has 5 heteroatoms. The van der Waals surface area contributed by atoms with Crippen LogP contribution < -0.4 is 10.1 Å². The number of rotatable bonds is 6. The third-order valence-corrected chi connectivity index (χ3v) is 4.41. The number of benzene rings is 2. The van der Waals surface area contributed by atoms with Crippen LogP contribution in [0.5, 0.6) is 5.75 Å². The van der Waals surface area contributed by atoms with E-state index >= 15 is 0 Å². The molecular formula is C21H23N3O2. The first kappa shape index (κ1) is 17.9. The van der Waals surface area contributed by atoms with Crippen LogP contribution in [0.2, 0.25) is 0 Å². The fraction of sp³-hybridized carbons (Fsp3) is 0.238. The van der Waals surface area contributed by atoms with Crippen LogP contribution in [-0.4, -0.2) is 43.5 Å². The maximum atomic E-state index is 12.6. The maximum absolute atomic E-state index is 12.6. The molecule has 1 heterocycles. The summed E-state index contributed by atoms with van der Waals surface area (Å²) in [6.07, 6.45) is 0. The van der Waals surface area contributed by atoms with Gasteiger partial charge in [-0.15, -0.1) is 0 Å². The largest absolute Gasteiger partial charge is 0.496 e. The fourth-order valence-corrected chi connectivity index (χ4v) is 2.98. The average molecular weight is 349 g/mol. The Morgan fingerprint density at radius 3 is 2.58 bits per heavy atom. The van der Waals surface area contributed by atoms with Crippen LogP contribution >= 0.6 is 0 Å². The molecule has 5 nitrogen and oxygen atoms in total. The van der Waals surface area contributed by atoms with E-state index in [0.717, 1.165) is 22.2 Å². The number of hydrogen-bond acceptors (Lipinski definition) is 4. The van der Waals surface area contributed by atoms with Gasteiger partial charge in [-0.2, -0.15) is 0 Å². The number of aromatic nitrogens is 1. The molecule has 0 aliphatic carbocycles. The van der Waals surface area contributed by atoms with E-state index in [1.807, 2.05) is 68.7 Å². The molecule has 0 saturated carbocycles. The third kappa shape index (κ3) is 3.83. The molecule has 1 atom stereocenters. The van der Waals surface area contributed by atoms with Crippen LogP contribution in [0.3, 0.4) is 0 Å². The zero-order chi connectivity index (χ0) is 18.5. The Balaban J connectivity index is 1.77. The Kier molecular flexibility index (Phi) is 5.49. The van der Waals surface area contributed by atoms with Gasteiger partial charge in [-0.25, -0.2) is 4.98 Å². The molecular weight excluding hydrogens is 326 g/mol. The number of carbonyl (C=O) groups is 1. The van der Waals surface area contributed by atoms with Crippen molar-refractivity contribution in [3.63, 3.8) is 0 Å². The lowest BCUT2D eigenvalue weighted by atomic mass is 10.0. The zero-order valence-electron chi connectivity index (χ0n) is 15.3. The van der Waals surface area contributed by atoms with E-state index in [1.165, 1.54) is 0 Å². The van der Waals surface area contributed by atoms with Gasteiger partial charge in [0.25, 0.3) is 5.91 Å². The van der Waals surface area contributed by atoms with Gasteiger partial charge in [-0.3, -0.25) is 4.79 Å². The minimum Gasteiger partial charge on any atom is -0.496 e. The highest BCUT2D eigenvalue weighted by Crippen LogP contribution is 2.27. The van der Waals surface area contributed by atoms with Crippen molar-refractivity contribution in [3.05, 3.63) is 71.9 Å². The van der Waals surface area contributed by atoms with Crippen molar-refractivity contribution >= 4 is 16.8 Å². The zero-order valence-corrected chi connectivity index (χ0v) is 15.3. The van der Waals surface area contributed by atoms with Crippen LogP contribution in [0, 0.1) is 0 Å². The molecule has 0 spiro atoms. The number of carbonyl (C=O) groups excluding carboxylic acids is 1. The van der Waals surface area contributed by atoms with Crippen molar-refractivity contribution < 1.29 is 9.53 Å². The fourth-order valence-electron chi connectivity index (χ4n) is 2.98. The number of amides is 1. The minimum absolute atomic E-state index is 0.00411. The van der Waals surface area contributed by atoms with Gasteiger partial charge in [0, 0.05) is 17.5 Å². The topological polar surface area (TPSA) is 54.5 Å². The van der Waals surface area contributed by atoms with Gasteiger partial charge in [0.05, 0.1) is 18.7 Å². The number of nitrogens with zero attached hydrogens (tertiary/aromatic N) is 2. The van der Waals surface area contributed by atoms with Gasteiger partial charge in [0.15, 0.2) is 0 Å². The van der Waals surface area contributed by atoms with E-state index in [0.29, 0.717) is 12.2 Å². The summed E-state index contributed by atoms with van der Waals surface area (Å²) in [5.74, 6) is 0.627. The Hall–Kier alpha value is -2.92. The van der Waals surface area contributed by atoms with Crippen molar-refractivity contribution in [2.75, 3.05) is 27.7 Å². The van der Waals surface area contributed by atoms with Crippen molar-refractivity contribution in [3.8, 4) is 5.75 Å². The number of likely N-dealkylation sites (N-methyl/N-ethyl adjacent to an activating group) is 1. The minimum atomic E-state index is -0.183. The monoisotopic (exact) mass is 349 g/mol. The van der Waals surface area contributed by atoms with E-state index < -0.39 is 0 Å². The molecule has 1 amide bonds. The van der Waals surface area contributed by atoms with Gasteiger partial charge in [0.1, 0.15) is 11.4 Å². The van der Waals surface area contributed by atoms with Gasteiger partial charge in [0.2, 0.25) is 0 Å². The van der Waals surface area contributed by atoms with E-state index in [4.69, 9.17) is 4.74 Å². The third-order valence-electron chi connectivity index (χ3n) is 4.41. The van der Waals surface area contributed by atoms with Crippen LogP contribution in [0.15, 0.2) is 60.7 Å². The number of hydrogen-bond donors (Lipinski definition) is 1. The summed E-state index contributed by atoms with van der Waals surface area (Å²) in [5.41, 5.74) is 2.27. The quantitative estimate of drug-likeness (QED) is 0.742. The SMILES string of the molecule is COc1ccccc1C(CNC(=O)c1ccc2ccccc2n1)N(C)C. The molecule has 134 valence electrons. The van der Waals surface area contributed by atoms with E-state index in [9.17, 15) is 4.79 Å². The highest BCUT2D eigenvalue weighted by Gasteiger charge is 2.19. The average Bonchev–Trinajstić information content (AvgIpc) is 2.67. The normalized spacial score (nSPS) is 12.2. The van der Waals surface area contributed by atoms with Gasteiger partial charge in [-0.1, -0.05) is 42.5 Å². The van der Waals surface area contributed by atoms with Crippen LogP contribution in [0.1, 0.15) is 22.1 Å². The molecule has 0 radical (unpaired) electrons. The van der Waals surface area contributed by atoms with Crippen molar-refractivity contribution in [1.82, 2.24) is 15.2 Å². The number of methoxy groups -OCH3 is 1. The molecule has 1 aromatic heterocycles. The van der Waals surface area contributed by atoms with Crippen LogP contribution in [-0.2, 0) is 0 Å². The summed E-state index contributed by atoms with van der Waals surface area (Å²) in [4.78, 5) is 19.1.